The molecular weight excluding hydrogens is 202 g/mol. The van der Waals surface area contributed by atoms with Gasteiger partial charge in [-0.3, -0.25) is 0 Å². The highest BCUT2D eigenvalue weighted by molar-refractivity contribution is 4.63. The molecule has 0 aliphatic carbocycles. The second-order valence-corrected chi connectivity index (χ2v) is 4.41. The number of aliphatic hydroxyl groups excluding tert-OH is 1. The molecule has 98 valence electrons. The lowest BCUT2D eigenvalue weighted by atomic mass is 10.1. The highest BCUT2D eigenvalue weighted by atomic mass is 16.5. The first-order valence-corrected chi connectivity index (χ1v) is 6.68. The summed E-state index contributed by atoms with van der Waals surface area (Å²) < 4.78 is 4.99. The summed E-state index contributed by atoms with van der Waals surface area (Å²) in [4.78, 5) is 0. The number of nitrogens with one attached hydrogen (secondary N) is 1. The Morgan fingerprint density at radius 1 is 1.06 bits per heavy atom. The largest absolute Gasteiger partial charge is 0.395 e. The van der Waals surface area contributed by atoms with Gasteiger partial charge in [0.15, 0.2) is 0 Å². The molecule has 3 heteroatoms. The zero-order valence-corrected chi connectivity index (χ0v) is 11.0. The van der Waals surface area contributed by atoms with Gasteiger partial charge in [0.05, 0.1) is 19.3 Å². The number of ether oxygens (including phenoxy) is 1. The molecule has 3 nitrogen and oxygen atoms in total. The highest BCUT2D eigenvalue weighted by Crippen LogP contribution is 2.06. The van der Waals surface area contributed by atoms with Gasteiger partial charge < -0.3 is 15.2 Å². The van der Waals surface area contributed by atoms with Crippen LogP contribution in [0.5, 0.6) is 0 Å². The predicted molar refractivity (Wildman–Crippen MR) is 68.7 cm³/mol. The Kier molecular flexibility index (Phi) is 12.9. The summed E-state index contributed by atoms with van der Waals surface area (Å²) in [5, 5.41) is 12.3. The van der Waals surface area contributed by atoms with Crippen LogP contribution in [0.15, 0.2) is 0 Å². The molecule has 0 spiro atoms. The molecule has 0 rings (SSSR count). The Morgan fingerprint density at radius 3 is 2.25 bits per heavy atom. The molecular formula is C13H29NO2. The summed E-state index contributed by atoms with van der Waals surface area (Å²) in [6.07, 6.45) is 9.28. The van der Waals surface area contributed by atoms with Gasteiger partial charge in [-0.15, -0.1) is 0 Å². The first-order chi connectivity index (χ1) is 7.85. The lowest BCUT2D eigenvalue weighted by molar-refractivity contribution is 0.128. The van der Waals surface area contributed by atoms with Crippen LogP contribution >= 0.6 is 0 Å². The van der Waals surface area contributed by atoms with E-state index in [0.29, 0.717) is 6.61 Å². The summed E-state index contributed by atoms with van der Waals surface area (Å²) in [6.45, 7) is 3.98. The summed E-state index contributed by atoms with van der Waals surface area (Å²) in [7, 11) is 1.66. The maximum atomic E-state index is 9.01. The maximum absolute atomic E-state index is 9.01. The SMILES string of the molecule is CCCCCCCCCNC(CO)COC. The fourth-order valence-electron chi connectivity index (χ4n) is 1.77. The number of aliphatic hydroxyl groups is 1. The second-order valence-electron chi connectivity index (χ2n) is 4.41. The van der Waals surface area contributed by atoms with Gasteiger partial charge in [0.25, 0.3) is 0 Å². The molecule has 0 radical (unpaired) electrons. The monoisotopic (exact) mass is 231 g/mol. The Balaban J connectivity index is 3.12. The van der Waals surface area contributed by atoms with Crippen LogP contribution in [0.3, 0.4) is 0 Å². The quantitative estimate of drug-likeness (QED) is 0.507. The summed E-state index contributed by atoms with van der Waals surface area (Å²) in [5.74, 6) is 0. The van der Waals surface area contributed by atoms with Crippen molar-refractivity contribution in [2.45, 2.75) is 57.9 Å². The molecule has 0 saturated heterocycles. The van der Waals surface area contributed by atoms with Crippen molar-refractivity contribution in [3.05, 3.63) is 0 Å². The molecule has 0 aliphatic heterocycles. The van der Waals surface area contributed by atoms with Crippen molar-refractivity contribution in [2.75, 3.05) is 26.9 Å². The number of methoxy groups -OCH3 is 1. The lowest BCUT2D eigenvalue weighted by Crippen LogP contribution is -2.36. The van der Waals surface area contributed by atoms with Crippen molar-refractivity contribution in [2.24, 2.45) is 0 Å². The molecule has 0 amide bonds. The standard InChI is InChI=1S/C13H29NO2/c1-3-4-5-6-7-8-9-10-14-13(11-15)12-16-2/h13-15H,3-12H2,1-2H3. The molecule has 2 N–H and O–H groups in total. The van der Waals surface area contributed by atoms with E-state index in [0.717, 1.165) is 6.54 Å². The van der Waals surface area contributed by atoms with Crippen molar-refractivity contribution in [3.8, 4) is 0 Å². The summed E-state index contributed by atoms with van der Waals surface area (Å²) in [6, 6.07) is 0.102. The summed E-state index contributed by atoms with van der Waals surface area (Å²) >= 11 is 0. The minimum absolute atomic E-state index is 0.102. The Morgan fingerprint density at radius 2 is 1.69 bits per heavy atom. The average Bonchev–Trinajstić information content (AvgIpc) is 2.31. The molecule has 0 fully saturated rings. The molecule has 1 atom stereocenters. The topological polar surface area (TPSA) is 41.5 Å². The molecule has 0 saturated carbocycles. The molecule has 0 aromatic heterocycles. The van der Waals surface area contributed by atoms with Crippen molar-refractivity contribution in [3.63, 3.8) is 0 Å². The van der Waals surface area contributed by atoms with Crippen LogP contribution in [0, 0.1) is 0 Å². The smallest absolute Gasteiger partial charge is 0.0638 e. The number of hydrogen-bond donors (Lipinski definition) is 2. The van der Waals surface area contributed by atoms with Crippen LogP contribution in [-0.2, 0) is 4.74 Å². The van der Waals surface area contributed by atoms with Gasteiger partial charge in [0, 0.05) is 7.11 Å². The molecule has 16 heavy (non-hydrogen) atoms. The Labute approximate surface area is 101 Å². The molecule has 0 aliphatic rings. The van der Waals surface area contributed by atoms with Gasteiger partial charge in [-0.25, -0.2) is 0 Å². The third-order valence-corrected chi connectivity index (χ3v) is 2.80. The van der Waals surface area contributed by atoms with Crippen molar-refractivity contribution in [1.29, 1.82) is 0 Å². The van der Waals surface area contributed by atoms with Gasteiger partial charge >= 0.3 is 0 Å². The average molecular weight is 231 g/mol. The van der Waals surface area contributed by atoms with E-state index in [9.17, 15) is 0 Å². The fourth-order valence-corrected chi connectivity index (χ4v) is 1.77. The predicted octanol–water partition coefficient (Wildman–Crippen LogP) is 2.33. The van der Waals surface area contributed by atoms with E-state index in [4.69, 9.17) is 9.84 Å². The maximum Gasteiger partial charge on any atom is 0.0638 e. The van der Waals surface area contributed by atoms with Crippen molar-refractivity contribution >= 4 is 0 Å². The second kappa shape index (κ2) is 12.9. The molecule has 0 heterocycles. The van der Waals surface area contributed by atoms with Crippen molar-refractivity contribution in [1.82, 2.24) is 5.32 Å². The normalized spacial score (nSPS) is 12.9. The van der Waals surface area contributed by atoms with E-state index in [1.54, 1.807) is 7.11 Å². The van der Waals surface area contributed by atoms with Crippen LogP contribution in [0.25, 0.3) is 0 Å². The molecule has 0 aromatic carbocycles. The van der Waals surface area contributed by atoms with Crippen LogP contribution in [-0.4, -0.2) is 38.0 Å². The van der Waals surface area contributed by atoms with Crippen molar-refractivity contribution < 1.29 is 9.84 Å². The minimum Gasteiger partial charge on any atom is -0.395 e. The third kappa shape index (κ3) is 10.4. The van der Waals surface area contributed by atoms with Gasteiger partial charge in [-0.05, 0) is 13.0 Å². The number of unbranched alkanes of at least 4 members (excludes halogenated alkanes) is 6. The van der Waals surface area contributed by atoms with Crippen LogP contribution in [0.4, 0.5) is 0 Å². The lowest BCUT2D eigenvalue weighted by Gasteiger charge is -2.14. The van der Waals surface area contributed by atoms with Gasteiger partial charge in [-0.2, -0.15) is 0 Å². The molecule has 1 unspecified atom stereocenters. The van der Waals surface area contributed by atoms with E-state index in [1.807, 2.05) is 0 Å². The van der Waals surface area contributed by atoms with E-state index < -0.39 is 0 Å². The number of rotatable bonds is 12. The Bertz CT molecular complexity index is 131. The number of hydrogen-bond acceptors (Lipinski definition) is 3. The zero-order chi connectivity index (χ0) is 12.1. The van der Waals surface area contributed by atoms with Gasteiger partial charge in [0.2, 0.25) is 0 Å². The van der Waals surface area contributed by atoms with Gasteiger partial charge in [0.1, 0.15) is 0 Å². The van der Waals surface area contributed by atoms with E-state index >= 15 is 0 Å². The fraction of sp³-hybridized carbons (Fsp3) is 1.00. The minimum atomic E-state index is 0.102. The van der Waals surface area contributed by atoms with Crippen LogP contribution < -0.4 is 5.32 Å². The third-order valence-electron chi connectivity index (χ3n) is 2.80. The summed E-state index contributed by atoms with van der Waals surface area (Å²) in [5.41, 5.74) is 0. The first-order valence-electron chi connectivity index (χ1n) is 6.68. The Hall–Kier alpha value is -0.120. The van der Waals surface area contributed by atoms with E-state index in [1.165, 1.54) is 44.9 Å². The molecule has 0 aromatic rings. The molecule has 0 bridgehead atoms. The van der Waals surface area contributed by atoms with Crippen LogP contribution in [0.1, 0.15) is 51.9 Å². The van der Waals surface area contributed by atoms with E-state index in [-0.39, 0.29) is 12.6 Å². The highest BCUT2D eigenvalue weighted by Gasteiger charge is 2.04. The zero-order valence-electron chi connectivity index (χ0n) is 11.0. The van der Waals surface area contributed by atoms with E-state index in [2.05, 4.69) is 12.2 Å². The van der Waals surface area contributed by atoms with Crippen LogP contribution in [0.2, 0.25) is 0 Å². The van der Waals surface area contributed by atoms with Gasteiger partial charge in [-0.1, -0.05) is 45.4 Å². The first kappa shape index (κ1) is 15.9.